The molecule has 2 N–H and O–H groups in total. The summed E-state index contributed by atoms with van der Waals surface area (Å²) in [5.41, 5.74) is 0. The van der Waals surface area contributed by atoms with Gasteiger partial charge in [0.2, 0.25) is 11.9 Å². The maximum atomic E-state index is 9.64. The summed E-state index contributed by atoms with van der Waals surface area (Å²) < 4.78 is 5.36. The van der Waals surface area contributed by atoms with Gasteiger partial charge in [0.05, 0.1) is 19.3 Å². The highest BCUT2D eigenvalue weighted by Gasteiger charge is 2.19. The average Bonchev–Trinajstić information content (AvgIpc) is 2.48. The Morgan fingerprint density at radius 3 is 2.62 bits per heavy atom. The number of nitrogens with zero attached hydrogens (tertiary/aromatic N) is 4. The van der Waals surface area contributed by atoms with Gasteiger partial charge >= 0.3 is 0 Å². The molecule has 2 heterocycles. The highest BCUT2D eigenvalue weighted by Crippen LogP contribution is 2.24. The van der Waals surface area contributed by atoms with Crippen molar-refractivity contribution in [2.24, 2.45) is 0 Å². The minimum Gasteiger partial charge on any atom is -0.392 e. The summed E-state index contributed by atoms with van der Waals surface area (Å²) in [6.07, 6.45) is -0.416. The number of rotatable bonds is 6. The van der Waals surface area contributed by atoms with E-state index < -0.39 is 6.10 Å². The summed E-state index contributed by atoms with van der Waals surface area (Å²) in [4.78, 5) is 15.5. The van der Waals surface area contributed by atoms with E-state index in [9.17, 15) is 5.11 Å². The van der Waals surface area contributed by atoms with Gasteiger partial charge in [0.1, 0.15) is 0 Å². The van der Waals surface area contributed by atoms with Crippen LogP contribution in [-0.2, 0) is 4.74 Å². The Morgan fingerprint density at radius 1 is 1.29 bits per heavy atom. The molecular weight excluding hydrogens is 290 g/mol. The lowest BCUT2D eigenvalue weighted by Crippen LogP contribution is -2.37. The van der Waals surface area contributed by atoms with Crippen LogP contribution in [0.2, 0.25) is 0 Å². The SMILES string of the molecule is CCNc1nc(SC(C)C(C)O)nc(N2CCOCC2)n1. The molecule has 1 fully saturated rings. The number of hydrogen-bond acceptors (Lipinski definition) is 8. The van der Waals surface area contributed by atoms with E-state index >= 15 is 0 Å². The summed E-state index contributed by atoms with van der Waals surface area (Å²) in [6.45, 7) is 9.43. The number of aliphatic hydroxyl groups excluding tert-OH is 1. The monoisotopic (exact) mass is 313 g/mol. The summed E-state index contributed by atoms with van der Waals surface area (Å²) in [5, 5.41) is 13.4. The van der Waals surface area contributed by atoms with Gasteiger partial charge in [-0.3, -0.25) is 0 Å². The first-order chi connectivity index (χ1) is 10.1. The van der Waals surface area contributed by atoms with Gasteiger partial charge in [-0.25, -0.2) is 0 Å². The van der Waals surface area contributed by atoms with Crippen molar-refractivity contribution in [3.8, 4) is 0 Å². The molecule has 118 valence electrons. The second-order valence-corrected chi connectivity index (χ2v) is 6.28. The predicted molar refractivity (Wildman–Crippen MR) is 84.0 cm³/mol. The molecule has 1 aliphatic rings. The Balaban J connectivity index is 2.20. The third kappa shape index (κ3) is 4.69. The van der Waals surface area contributed by atoms with Crippen molar-refractivity contribution in [1.29, 1.82) is 0 Å². The molecule has 0 aliphatic carbocycles. The van der Waals surface area contributed by atoms with E-state index in [1.165, 1.54) is 11.8 Å². The summed E-state index contributed by atoms with van der Waals surface area (Å²) in [7, 11) is 0. The molecule has 2 unspecified atom stereocenters. The highest BCUT2D eigenvalue weighted by atomic mass is 32.2. The van der Waals surface area contributed by atoms with E-state index in [0.717, 1.165) is 19.6 Å². The first-order valence-electron chi connectivity index (χ1n) is 7.27. The fourth-order valence-electron chi connectivity index (χ4n) is 1.81. The number of aliphatic hydroxyl groups is 1. The number of ether oxygens (including phenoxy) is 1. The van der Waals surface area contributed by atoms with Crippen LogP contribution < -0.4 is 10.2 Å². The quantitative estimate of drug-likeness (QED) is 0.753. The van der Waals surface area contributed by atoms with Gasteiger partial charge in [-0.2, -0.15) is 15.0 Å². The first kappa shape index (κ1) is 16.3. The van der Waals surface area contributed by atoms with Gasteiger partial charge in [0, 0.05) is 24.9 Å². The van der Waals surface area contributed by atoms with E-state index in [-0.39, 0.29) is 5.25 Å². The molecule has 1 aromatic rings. The second kappa shape index (κ2) is 7.77. The molecule has 8 heteroatoms. The second-order valence-electron chi connectivity index (χ2n) is 4.93. The van der Waals surface area contributed by atoms with E-state index in [1.54, 1.807) is 6.92 Å². The summed E-state index contributed by atoms with van der Waals surface area (Å²) in [6, 6.07) is 0. The van der Waals surface area contributed by atoms with Crippen LogP contribution >= 0.6 is 11.8 Å². The van der Waals surface area contributed by atoms with Crippen molar-refractivity contribution in [1.82, 2.24) is 15.0 Å². The number of morpholine rings is 1. The number of nitrogens with one attached hydrogen (secondary N) is 1. The van der Waals surface area contributed by atoms with Crippen molar-refractivity contribution in [2.45, 2.75) is 37.3 Å². The van der Waals surface area contributed by atoms with Gasteiger partial charge in [-0.1, -0.05) is 18.7 Å². The van der Waals surface area contributed by atoms with Gasteiger partial charge in [-0.15, -0.1) is 0 Å². The average molecular weight is 313 g/mol. The van der Waals surface area contributed by atoms with Crippen molar-refractivity contribution >= 4 is 23.7 Å². The largest absolute Gasteiger partial charge is 0.392 e. The molecule has 0 saturated carbocycles. The number of anilines is 2. The highest BCUT2D eigenvalue weighted by molar-refractivity contribution is 7.99. The molecule has 0 aromatic carbocycles. The fraction of sp³-hybridized carbons (Fsp3) is 0.769. The van der Waals surface area contributed by atoms with Gasteiger partial charge in [-0.05, 0) is 13.8 Å². The van der Waals surface area contributed by atoms with Crippen molar-refractivity contribution in [3.05, 3.63) is 0 Å². The van der Waals surface area contributed by atoms with Crippen LogP contribution in [0.5, 0.6) is 0 Å². The topological polar surface area (TPSA) is 83.4 Å². The molecular formula is C13H23N5O2S. The molecule has 1 aliphatic heterocycles. The van der Waals surface area contributed by atoms with Crippen molar-refractivity contribution in [2.75, 3.05) is 43.1 Å². The molecule has 0 spiro atoms. The lowest BCUT2D eigenvalue weighted by molar-refractivity contribution is 0.122. The number of thioether (sulfide) groups is 1. The lowest BCUT2D eigenvalue weighted by Gasteiger charge is -2.27. The normalized spacial score (nSPS) is 18.4. The smallest absolute Gasteiger partial charge is 0.231 e. The van der Waals surface area contributed by atoms with Gasteiger partial charge in [0.25, 0.3) is 0 Å². The van der Waals surface area contributed by atoms with E-state index in [1.807, 2.05) is 13.8 Å². The standard InChI is InChI=1S/C13H23N5O2S/c1-4-14-11-15-12(18-5-7-20-8-6-18)17-13(16-11)21-10(3)9(2)19/h9-10,19H,4-8H2,1-3H3,(H,14,15,16,17). The Morgan fingerprint density at radius 2 is 2.00 bits per heavy atom. The molecule has 1 saturated heterocycles. The first-order valence-corrected chi connectivity index (χ1v) is 8.15. The van der Waals surface area contributed by atoms with Crippen LogP contribution in [0.4, 0.5) is 11.9 Å². The maximum absolute atomic E-state index is 9.64. The molecule has 2 rings (SSSR count). The zero-order valence-electron chi connectivity index (χ0n) is 12.7. The van der Waals surface area contributed by atoms with Crippen LogP contribution in [0.1, 0.15) is 20.8 Å². The zero-order valence-corrected chi connectivity index (χ0v) is 13.6. The van der Waals surface area contributed by atoms with Crippen molar-refractivity contribution < 1.29 is 9.84 Å². The van der Waals surface area contributed by atoms with Crippen LogP contribution in [0, 0.1) is 0 Å². The Kier molecular flexibility index (Phi) is 6.01. The van der Waals surface area contributed by atoms with E-state index in [0.29, 0.717) is 30.3 Å². The minimum atomic E-state index is -0.416. The number of hydrogen-bond donors (Lipinski definition) is 2. The van der Waals surface area contributed by atoms with Gasteiger partial charge < -0.3 is 20.1 Å². The zero-order chi connectivity index (χ0) is 15.2. The summed E-state index contributed by atoms with van der Waals surface area (Å²) >= 11 is 1.46. The Hall–Kier alpha value is -1.12. The molecule has 1 aromatic heterocycles. The molecule has 0 radical (unpaired) electrons. The number of aromatic nitrogens is 3. The van der Waals surface area contributed by atoms with Crippen LogP contribution in [0.3, 0.4) is 0 Å². The van der Waals surface area contributed by atoms with Crippen molar-refractivity contribution in [3.63, 3.8) is 0 Å². The van der Waals surface area contributed by atoms with E-state index in [2.05, 4.69) is 25.2 Å². The molecule has 2 atom stereocenters. The third-order valence-corrected chi connectivity index (χ3v) is 4.36. The van der Waals surface area contributed by atoms with Gasteiger partial charge in [0.15, 0.2) is 5.16 Å². The Bertz CT molecular complexity index is 454. The van der Waals surface area contributed by atoms with E-state index in [4.69, 9.17) is 4.74 Å². The van der Waals surface area contributed by atoms with Crippen LogP contribution in [-0.4, -0.2) is 64.3 Å². The lowest BCUT2D eigenvalue weighted by atomic mass is 10.3. The fourth-order valence-corrected chi connectivity index (χ4v) is 2.61. The molecule has 0 amide bonds. The molecule has 7 nitrogen and oxygen atoms in total. The molecule has 0 bridgehead atoms. The van der Waals surface area contributed by atoms with Crippen LogP contribution in [0.15, 0.2) is 5.16 Å². The Labute approximate surface area is 129 Å². The van der Waals surface area contributed by atoms with Crippen LogP contribution in [0.25, 0.3) is 0 Å². The predicted octanol–water partition coefficient (Wildman–Crippen LogP) is 1.00. The summed E-state index contributed by atoms with van der Waals surface area (Å²) in [5.74, 6) is 1.25. The maximum Gasteiger partial charge on any atom is 0.231 e. The molecule has 21 heavy (non-hydrogen) atoms. The minimum absolute atomic E-state index is 0.0272. The third-order valence-electron chi connectivity index (χ3n) is 3.20.